The molecule has 0 fully saturated rings. The van der Waals surface area contributed by atoms with Gasteiger partial charge in [-0.2, -0.15) is 5.10 Å². The van der Waals surface area contributed by atoms with E-state index in [0.29, 0.717) is 3.95 Å². The monoisotopic (exact) mass is 238 g/mol. The molecule has 0 atom stereocenters. The number of carboxylic acid groups (broad SMARTS) is 1. The number of carbonyl (C=O) groups is 1. The summed E-state index contributed by atoms with van der Waals surface area (Å²) in [5.41, 5.74) is 1.12. The SMILES string of the molecule is O=C(O)c1ccc(-c2n[nH]c(=S)s2)cc1. The first-order valence-electron chi connectivity index (χ1n) is 4.06. The van der Waals surface area contributed by atoms with Crippen LogP contribution in [0, 0.1) is 3.95 Å². The van der Waals surface area contributed by atoms with E-state index >= 15 is 0 Å². The molecule has 0 amide bonds. The van der Waals surface area contributed by atoms with Crippen LogP contribution in [-0.2, 0) is 0 Å². The second-order valence-corrected chi connectivity index (χ2v) is 4.47. The highest BCUT2D eigenvalue weighted by Gasteiger charge is 2.05. The molecule has 1 heterocycles. The van der Waals surface area contributed by atoms with Gasteiger partial charge in [-0.1, -0.05) is 23.5 Å². The Labute approximate surface area is 94.2 Å². The minimum Gasteiger partial charge on any atom is -0.478 e. The topological polar surface area (TPSA) is 66.0 Å². The van der Waals surface area contributed by atoms with Crippen molar-refractivity contribution in [2.75, 3.05) is 0 Å². The molecule has 2 rings (SSSR count). The summed E-state index contributed by atoms with van der Waals surface area (Å²) in [6, 6.07) is 6.51. The molecule has 1 aromatic carbocycles. The van der Waals surface area contributed by atoms with Gasteiger partial charge in [-0.25, -0.2) is 4.79 Å². The van der Waals surface area contributed by atoms with Crippen LogP contribution in [0.3, 0.4) is 0 Å². The lowest BCUT2D eigenvalue weighted by Gasteiger charge is -1.96. The summed E-state index contributed by atoms with van der Waals surface area (Å²) in [5, 5.41) is 16.1. The molecule has 6 heteroatoms. The van der Waals surface area contributed by atoms with Crippen molar-refractivity contribution in [3.63, 3.8) is 0 Å². The number of carboxylic acids is 1. The lowest BCUT2D eigenvalue weighted by Crippen LogP contribution is -1.94. The predicted octanol–water partition coefficient (Wildman–Crippen LogP) is 2.57. The maximum Gasteiger partial charge on any atom is 0.335 e. The van der Waals surface area contributed by atoms with Crippen molar-refractivity contribution >= 4 is 29.5 Å². The standard InChI is InChI=1S/C9H6N2O2S2/c12-8(13)6-3-1-5(2-4-6)7-10-11-9(14)15-7/h1-4H,(H,11,14)(H,12,13). The number of nitrogens with zero attached hydrogens (tertiary/aromatic N) is 1. The lowest BCUT2D eigenvalue weighted by molar-refractivity contribution is 0.0697. The van der Waals surface area contributed by atoms with Gasteiger partial charge in [0.25, 0.3) is 0 Å². The van der Waals surface area contributed by atoms with Gasteiger partial charge in [0.1, 0.15) is 5.01 Å². The predicted molar refractivity (Wildman–Crippen MR) is 59.7 cm³/mol. The summed E-state index contributed by atoms with van der Waals surface area (Å²) in [7, 11) is 0. The number of nitrogens with one attached hydrogen (secondary N) is 1. The fraction of sp³-hybridized carbons (Fsp3) is 0. The van der Waals surface area contributed by atoms with Gasteiger partial charge in [0.2, 0.25) is 0 Å². The highest BCUT2D eigenvalue weighted by molar-refractivity contribution is 7.73. The Morgan fingerprint density at radius 3 is 2.53 bits per heavy atom. The Hall–Kier alpha value is -1.53. The van der Waals surface area contributed by atoms with E-state index in [2.05, 4.69) is 10.2 Å². The minimum absolute atomic E-state index is 0.262. The van der Waals surface area contributed by atoms with E-state index in [-0.39, 0.29) is 5.56 Å². The Bertz CT molecular complexity index is 542. The number of aromatic amines is 1. The summed E-state index contributed by atoms with van der Waals surface area (Å²) in [5.74, 6) is -0.934. The van der Waals surface area contributed by atoms with Crippen molar-refractivity contribution in [2.45, 2.75) is 0 Å². The van der Waals surface area contributed by atoms with Crippen LogP contribution >= 0.6 is 23.6 Å². The van der Waals surface area contributed by atoms with E-state index in [1.165, 1.54) is 11.3 Å². The summed E-state index contributed by atoms with van der Waals surface area (Å²) in [6.07, 6.45) is 0. The van der Waals surface area contributed by atoms with Gasteiger partial charge in [-0.3, -0.25) is 5.10 Å². The molecule has 0 radical (unpaired) electrons. The van der Waals surface area contributed by atoms with Crippen LogP contribution < -0.4 is 0 Å². The molecule has 2 aromatic rings. The van der Waals surface area contributed by atoms with Crippen LogP contribution in [0.2, 0.25) is 0 Å². The zero-order chi connectivity index (χ0) is 10.8. The molecule has 0 aliphatic heterocycles. The molecule has 0 spiro atoms. The molecule has 2 N–H and O–H groups in total. The minimum atomic E-state index is -0.934. The van der Waals surface area contributed by atoms with Crippen molar-refractivity contribution < 1.29 is 9.90 Å². The maximum atomic E-state index is 10.6. The Kier molecular flexibility index (Phi) is 2.61. The van der Waals surface area contributed by atoms with Crippen molar-refractivity contribution in [3.8, 4) is 10.6 Å². The number of H-pyrrole nitrogens is 1. The van der Waals surface area contributed by atoms with Gasteiger partial charge in [-0.15, -0.1) is 0 Å². The third kappa shape index (κ3) is 2.11. The van der Waals surface area contributed by atoms with Gasteiger partial charge in [0.15, 0.2) is 3.95 Å². The van der Waals surface area contributed by atoms with Gasteiger partial charge in [0, 0.05) is 5.56 Å². The van der Waals surface area contributed by atoms with Crippen LogP contribution in [0.1, 0.15) is 10.4 Å². The van der Waals surface area contributed by atoms with Crippen molar-refractivity contribution in [1.82, 2.24) is 10.2 Å². The molecule has 4 nitrogen and oxygen atoms in total. The zero-order valence-electron chi connectivity index (χ0n) is 7.43. The third-order valence-corrected chi connectivity index (χ3v) is 2.96. The number of rotatable bonds is 2. The second-order valence-electron chi connectivity index (χ2n) is 2.80. The molecule has 0 saturated carbocycles. The molecule has 0 bridgehead atoms. The van der Waals surface area contributed by atoms with Gasteiger partial charge >= 0.3 is 5.97 Å². The van der Waals surface area contributed by atoms with Crippen LogP contribution in [0.5, 0.6) is 0 Å². The number of aromatic nitrogens is 2. The van der Waals surface area contributed by atoms with Gasteiger partial charge < -0.3 is 5.11 Å². The van der Waals surface area contributed by atoms with E-state index in [0.717, 1.165) is 10.6 Å². The zero-order valence-corrected chi connectivity index (χ0v) is 9.06. The number of hydrogen-bond acceptors (Lipinski definition) is 4. The van der Waals surface area contributed by atoms with Crippen molar-refractivity contribution in [3.05, 3.63) is 33.8 Å². The molecule has 1 aromatic heterocycles. The van der Waals surface area contributed by atoms with Gasteiger partial charge in [0.05, 0.1) is 5.56 Å². The number of aromatic carboxylic acids is 1. The van der Waals surface area contributed by atoms with E-state index in [1.54, 1.807) is 24.3 Å². The summed E-state index contributed by atoms with van der Waals surface area (Å²) in [6.45, 7) is 0. The third-order valence-electron chi connectivity index (χ3n) is 1.82. The largest absolute Gasteiger partial charge is 0.478 e. The maximum absolute atomic E-state index is 10.6. The lowest BCUT2D eigenvalue weighted by atomic mass is 10.1. The van der Waals surface area contributed by atoms with E-state index < -0.39 is 5.97 Å². The number of hydrogen-bond donors (Lipinski definition) is 2. The van der Waals surface area contributed by atoms with Crippen molar-refractivity contribution in [1.29, 1.82) is 0 Å². The average molecular weight is 238 g/mol. The van der Waals surface area contributed by atoms with Crippen LogP contribution in [0.15, 0.2) is 24.3 Å². The highest BCUT2D eigenvalue weighted by Crippen LogP contribution is 2.21. The molecule has 0 aliphatic rings. The molecule has 15 heavy (non-hydrogen) atoms. The Morgan fingerprint density at radius 1 is 1.40 bits per heavy atom. The first kappa shape index (κ1) is 10.0. The highest BCUT2D eigenvalue weighted by atomic mass is 32.1. The fourth-order valence-corrected chi connectivity index (χ4v) is 2.00. The molecule has 0 unspecified atom stereocenters. The van der Waals surface area contributed by atoms with E-state index in [4.69, 9.17) is 17.3 Å². The Balaban J connectivity index is 2.39. The van der Waals surface area contributed by atoms with Crippen LogP contribution in [0.4, 0.5) is 0 Å². The molecule has 0 aliphatic carbocycles. The molecular weight excluding hydrogens is 232 g/mol. The van der Waals surface area contributed by atoms with Crippen LogP contribution in [-0.4, -0.2) is 21.3 Å². The smallest absolute Gasteiger partial charge is 0.335 e. The number of benzene rings is 1. The Morgan fingerprint density at radius 2 is 2.07 bits per heavy atom. The normalized spacial score (nSPS) is 10.1. The summed E-state index contributed by atoms with van der Waals surface area (Å²) < 4.78 is 0.604. The van der Waals surface area contributed by atoms with E-state index in [9.17, 15) is 4.79 Å². The molecular formula is C9H6N2O2S2. The molecule has 0 saturated heterocycles. The van der Waals surface area contributed by atoms with E-state index in [1.807, 2.05) is 0 Å². The van der Waals surface area contributed by atoms with Gasteiger partial charge in [-0.05, 0) is 24.4 Å². The molecule has 76 valence electrons. The summed E-state index contributed by atoms with van der Waals surface area (Å²) in [4.78, 5) is 10.6. The van der Waals surface area contributed by atoms with Crippen LogP contribution in [0.25, 0.3) is 10.6 Å². The fourth-order valence-electron chi connectivity index (χ4n) is 1.11. The average Bonchev–Trinajstić information content (AvgIpc) is 2.65. The second kappa shape index (κ2) is 3.92. The first-order valence-corrected chi connectivity index (χ1v) is 5.28. The van der Waals surface area contributed by atoms with Crippen molar-refractivity contribution in [2.24, 2.45) is 0 Å². The first-order chi connectivity index (χ1) is 7.16. The summed E-state index contributed by atoms with van der Waals surface area (Å²) >= 11 is 6.26. The quantitative estimate of drug-likeness (QED) is 0.789.